The van der Waals surface area contributed by atoms with Crippen molar-refractivity contribution in [2.45, 2.75) is 32.7 Å². The molecule has 5 aromatic rings. The highest BCUT2D eigenvalue weighted by molar-refractivity contribution is 6.07. The summed E-state index contributed by atoms with van der Waals surface area (Å²) in [5, 5.41) is 7.70. The van der Waals surface area contributed by atoms with Crippen LogP contribution in [0.4, 0.5) is 11.5 Å². The van der Waals surface area contributed by atoms with E-state index in [1.807, 2.05) is 60.7 Å². The summed E-state index contributed by atoms with van der Waals surface area (Å²) in [4.78, 5) is 29.9. The zero-order chi connectivity index (χ0) is 33.5. The molecule has 48 heavy (non-hydrogen) atoms. The third-order valence-electron chi connectivity index (χ3n) is 9.18. The molecule has 6 rings (SSSR count). The van der Waals surface area contributed by atoms with Gasteiger partial charge in [0.05, 0.1) is 11.0 Å². The van der Waals surface area contributed by atoms with Crippen molar-refractivity contribution in [1.29, 1.82) is 5.41 Å². The van der Waals surface area contributed by atoms with Gasteiger partial charge in [0, 0.05) is 75.2 Å². The van der Waals surface area contributed by atoms with Gasteiger partial charge in [0.1, 0.15) is 17.5 Å². The summed E-state index contributed by atoms with van der Waals surface area (Å²) in [6.07, 6.45) is 4.24. The first-order valence-corrected chi connectivity index (χ1v) is 16.8. The molecule has 0 spiro atoms. The Morgan fingerprint density at radius 1 is 0.896 bits per heavy atom. The number of nitrogens with zero attached hydrogens (tertiary/aromatic N) is 6. The summed E-state index contributed by atoms with van der Waals surface area (Å²) < 4.78 is 2.33. The van der Waals surface area contributed by atoms with Gasteiger partial charge in [-0.25, -0.2) is 9.97 Å². The minimum Gasteiger partial charge on any atom is -0.384 e. The Bertz CT molecular complexity index is 1840. The van der Waals surface area contributed by atoms with Gasteiger partial charge < -0.3 is 20.9 Å². The molecule has 3 aromatic carbocycles. The van der Waals surface area contributed by atoms with Crippen LogP contribution in [0, 0.1) is 12.3 Å². The lowest BCUT2D eigenvalue weighted by atomic mass is 10.1. The number of imidazole rings is 1. The number of para-hydroxylation sites is 1. The second-order valence-electron chi connectivity index (χ2n) is 12.4. The van der Waals surface area contributed by atoms with Crippen LogP contribution >= 0.6 is 0 Å². The third-order valence-corrected chi connectivity index (χ3v) is 9.18. The van der Waals surface area contributed by atoms with E-state index in [1.54, 1.807) is 11.1 Å². The number of rotatable bonds is 13. The molecule has 1 aliphatic rings. The molecular formula is C38H45N9O. The fourth-order valence-corrected chi connectivity index (χ4v) is 6.56. The van der Waals surface area contributed by atoms with Gasteiger partial charge in [-0.2, -0.15) is 0 Å². The smallest absolute Gasteiger partial charge is 0.259 e. The van der Waals surface area contributed by atoms with Gasteiger partial charge in [0.15, 0.2) is 0 Å². The van der Waals surface area contributed by atoms with E-state index in [9.17, 15) is 4.79 Å². The van der Waals surface area contributed by atoms with E-state index in [4.69, 9.17) is 21.9 Å². The first kappa shape index (κ1) is 32.9. The number of pyridine rings is 1. The number of amidine groups is 1. The van der Waals surface area contributed by atoms with Crippen LogP contribution in [0.2, 0.25) is 0 Å². The molecule has 1 saturated heterocycles. The predicted octanol–water partition coefficient (Wildman–Crippen LogP) is 4.63. The predicted molar refractivity (Wildman–Crippen MR) is 194 cm³/mol. The number of nitrogens with two attached hydrogens (primary N) is 2. The number of aryl methyl sites for hydroxylation is 4. The van der Waals surface area contributed by atoms with Crippen LogP contribution in [-0.2, 0) is 19.4 Å². The number of hydrogen-bond acceptors (Lipinski definition) is 7. The van der Waals surface area contributed by atoms with E-state index in [-0.39, 0.29) is 11.7 Å². The molecule has 1 amide bonds. The molecule has 1 fully saturated rings. The van der Waals surface area contributed by atoms with E-state index >= 15 is 0 Å². The lowest BCUT2D eigenvalue weighted by Gasteiger charge is -2.36. The summed E-state index contributed by atoms with van der Waals surface area (Å²) in [7, 11) is 0. The Labute approximate surface area is 282 Å². The van der Waals surface area contributed by atoms with Gasteiger partial charge in [-0.1, -0.05) is 48.5 Å². The standard InChI is InChI=1S/C38H45N9O/c1-28-7-2-3-8-33(28)45-25-23-44(24-26-45)20-6-21-46-34-16-15-31(38(48)47(22-18-39)35-9-4-5-19-42-35)27-32(34)43-36(46)17-12-29-10-13-30(14-11-29)37(40)41/h2-5,7-11,13-16,19,27H,6,12,17-18,20-26,39H2,1H3,(H3,40,41). The highest BCUT2D eigenvalue weighted by Gasteiger charge is 2.21. The Hall–Kier alpha value is -5.06. The summed E-state index contributed by atoms with van der Waals surface area (Å²) >= 11 is 0. The molecule has 1 aliphatic heterocycles. The molecular weight excluding hydrogens is 598 g/mol. The molecule has 0 radical (unpaired) electrons. The topological polar surface area (TPSA) is 133 Å². The fourth-order valence-electron chi connectivity index (χ4n) is 6.56. The Balaban J connectivity index is 1.19. The molecule has 2 aromatic heterocycles. The SMILES string of the molecule is Cc1ccccc1N1CCN(CCCn2c(CCc3ccc(C(=N)N)cc3)nc3cc(C(=O)N(CCN)c4ccccn4)ccc32)CC1. The monoisotopic (exact) mass is 643 g/mol. The van der Waals surface area contributed by atoms with Gasteiger partial charge in [-0.3, -0.25) is 20.0 Å². The Morgan fingerprint density at radius 2 is 1.65 bits per heavy atom. The second kappa shape index (κ2) is 15.2. The van der Waals surface area contributed by atoms with E-state index < -0.39 is 0 Å². The summed E-state index contributed by atoms with van der Waals surface area (Å²) in [6.45, 7) is 8.90. The number of hydrogen-bond donors (Lipinski definition) is 3. The van der Waals surface area contributed by atoms with Crippen LogP contribution in [0.15, 0.2) is 91.1 Å². The molecule has 0 aliphatic carbocycles. The largest absolute Gasteiger partial charge is 0.384 e. The van der Waals surface area contributed by atoms with Crippen LogP contribution in [0.1, 0.15) is 39.3 Å². The molecule has 3 heterocycles. The number of piperazine rings is 1. The minimum absolute atomic E-state index is 0.0679. The van der Waals surface area contributed by atoms with E-state index in [0.717, 1.165) is 86.5 Å². The van der Waals surface area contributed by atoms with Gasteiger partial charge >= 0.3 is 0 Å². The normalized spacial score (nSPS) is 13.6. The second-order valence-corrected chi connectivity index (χ2v) is 12.4. The Kier molecular flexibility index (Phi) is 10.4. The highest BCUT2D eigenvalue weighted by Crippen LogP contribution is 2.24. The molecule has 5 N–H and O–H groups in total. The summed E-state index contributed by atoms with van der Waals surface area (Å²) in [6, 6.07) is 27.8. The number of carbonyl (C=O) groups is 1. The number of benzene rings is 3. The molecule has 0 unspecified atom stereocenters. The van der Waals surface area contributed by atoms with E-state index in [0.29, 0.717) is 24.5 Å². The third kappa shape index (κ3) is 7.56. The number of nitrogens with one attached hydrogen (secondary N) is 1. The molecule has 10 nitrogen and oxygen atoms in total. The number of carbonyl (C=O) groups excluding carboxylic acids is 1. The highest BCUT2D eigenvalue weighted by atomic mass is 16.2. The molecule has 0 bridgehead atoms. The van der Waals surface area contributed by atoms with Gasteiger partial charge in [0.2, 0.25) is 0 Å². The zero-order valence-corrected chi connectivity index (χ0v) is 27.7. The van der Waals surface area contributed by atoms with Crippen LogP contribution in [0.5, 0.6) is 0 Å². The first-order chi connectivity index (χ1) is 23.4. The maximum Gasteiger partial charge on any atom is 0.259 e. The molecule has 0 atom stereocenters. The summed E-state index contributed by atoms with van der Waals surface area (Å²) in [5.41, 5.74) is 18.5. The Morgan fingerprint density at radius 3 is 2.35 bits per heavy atom. The van der Waals surface area contributed by atoms with E-state index in [1.165, 1.54) is 11.3 Å². The number of amides is 1. The van der Waals surface area contributed by atoms with Crippen LogP contribution in [0.3, 0.4) is 0 Å². The van der Waals surface area contributed by atoms with Crippen molar-refractivity contribution in [3.63, 3.8) is 0 Å². The van der Waals surface area contributed by atoms with Gasteiger partial charge in [-0.15, -0.1) is 0 Å². The van der Waals surface area contributed by atoms with Crippen LogP contribution < -0.4 is 21.3 Å². The van der Waals surface area contributed by atoms with Crippen LogP contribution in [-0.4, -0.2) is 77.0 Å². The van der Waals surface area contributed by atoms with E-state index in [2.05, 4.69) is 50.5 Å². The minimum atomic E-state index is -0.146. The van der Waals surface area contributed by atoms with Crippen LogP contribution in [0.25, 0.3) is 11.0 Å². The average molecular weight is 644 g/mol. The lowest BCUT2D eigenvalue weighted by molar-refractivity contribution is 0.0987. The van der Waals surface area contributed by atoms with Crippen molar-refractivity contribution < 1.29 is 4.79 Å². The number of anilines is 2. The molecule has 10 heteroatoms. The quantitative estimate of drug-likeness (QED) is 0.126. The van der Waals surface area contributed by atoms with Crippen molar-refractivity contribution in [2.75, 3.05) is 55.6 Å². The van der Waals surface area contributed by atoms with Crippen molar-refractivity contribution in [2.24, 2.45) is 11.5 Å². The average Bonchev–Trinajstić information content (AvgIpc) is 3.47. The zero-order valence-electron chi connectivity index (χ0n) is 27.7. The van der Waals surface area contributed by atoms with Crippen molar-refractivity contribution in [3.05, 3.63) is 119 Å². The lowest BCUT2D eigenvalue weighted by Crippen LogP contribution is -2.47. The number of nitrogen functional groups attached to an aromatic ring is 1. The summed E-state index contributed by atoms with van der Waals surface area (Å²) in [5.74, 6) is 1.50. The maximum absolute atomic E-state index is 13.7. The maximum atomic E-state index is 13.7. The molecule has 0 saturated carbocycles. The van der Waals surface area contributed by atoms with Crippen molar-refractivity contribution in [3.8, 4) is 0 Å². The molecule has 248 valence electrons. The number of aromatic nitrogens is 3. The number of fused-ring (bicyclic) bond motifs is 1. The van der Waals surface area contributed by atoms with Crippen molar-refractivity contribution in [1.82, 2.24) is 19.4 Å². The first-order valence-electron chi connectivity index (χ1n) is 16.8. The van der Waals surface area contributed by atoms with Gasteiger partial charge in [0.25, 0.3) is 5.91 Å². The van der Waals surface area contributed by atoms with Gasteiger partial charge in [-0.05, 0) is 73.8 Å². The van der Waals surface area contributed by atoms with Crippen molar-refractivity contribution >= 4 is 34.3 Å². The fraction of sp³-hybridized carbons (Fsp3) is 0.316.